The first kappa shape index (κ1) is 13.2. The van der Waals surface area contributed by atoms with Gasteiger partial charge in [0.1, 0.15) is 5.82 Å². The Balaban J connectivity index is 2.31. The highest BCUT2D eigenvalue weighted by molar-refractivity contribution is 9.09. The fraction of sp³-hybridized carbons (Fsp3) is 0.267. The summed E-state index contributed by atoms with van der Waals surface area (Å²) >= 11 is 3.69. The first-order valence-electron chi connectivity index (χ1n) is 5.89. The quantitative estimate of drug-likeness (QED) is 0.744. The van der Waals surface area contributed by atoms with Gasteiger partial charge in [-0.1, -0.05) is 28.9 Å². The number of nitrogens with zero attached hydrogens (tertiary/aromatic N) is 1. The zero-order chi connectivity index (χ0) is 13.1. The average molecular weight is 308 g/mol. The Labute approximate surface area is 115 Å². The zero-order valence-corrected chi connectivity index (χ0v) is 12.0. The normalized spacial score (nSPS) is 14.2. The molecule has 0 amide bonds. The van der Waals surface area contributed by atoms with Crippen LogP contribution in [0.1, 0.15) is 34.4 Å². The predicted octanol–water partition coefficient (Wildman–Crippen LogP) is 4.77. The summed E-state index contributed by atoms with van der Waals surface area (Å²) in [5.41, 5.74) is 3.29. The summed E-state index contributed by atoms with van der Waals surface area (Å²) in [6, 6.07) is 8.90. The molecule has 0 bridgehead atoms. The fourth-order valence-corrected chi connectivity index (χ4v) is 2.81. The first-order valence-corrected chi connectivity index (χ1v) is 6.81. The highest BCUT2D eigenvalue weighted by Gasteiger charge is 2.19. The molecule has 2 rings (SSSR count). The van der Waals surface area contributed by atoms with E-state index in [1.54, 1.807) is 18.5 Å². The summed E-state index contributed by atoms with van der Waals surface area (Å²) in [5, 5.41) is 0. The van der Waals surface area contributed by atoms with Crippen molar-refractivity contribution >= 4 is 15.9 Å². The van der Waals surface area contributed by atoms with Gasteiger partial charge in [-0.05, 0) is 53.8 Å². The maximum absolute atomic E-state index is 13.3. The van der Waals surface area contributed by atoms with Crippen molar-refractivity contribution in [2.24, 2.45) is 0 Å². The van der Waals surface area contributed by atoms with E-state index < -0.39 is 0 Å². The van der Waals surface area contributed by atoms with Gasteiger partial charge in [-0.15, -0.1) is 0 Å². The van der Waals surface area contributed by atoms with E-state index in [0.717, 1.165) is 11.1 Å². The summed E-state index contributed by atoms with van der Waals surface area (Å²) in [6.07, 6.45) is 3.56. The van der Waals surface area contributed by atoms with E-state index in [9.17, 15) is 4.39 Å². The van der Waals surface area contributed by atoms with E-state index in [0.29, 0.717) is 0 Å². The minimum Gasteiger partial charge on any atom is -0.265 e. The van der Waals surface area contributed by atoms with Gasteiger partial charge in [0.15, 0.2) is 0 Å². The second-order valence-corrected chi connectivity index (χ2v) is 5.46. The molecule has 0 saturated heterocycles. The second kappa shape index (κ2) is 5.61. The van der Waals surface area contributed by atoms with Gasteiger partial charge in [0.2, 0.25) is 0 Å². The molecule has 2 aromatic rings. The minimum atomic E-state index is -0.193. The van der Waals surface area contributed by atoms with Crippen LogP contribution >= 0.6 is 15.9 Å². The summed E-state index contributed by atoms with van der Waals surface area (Å²) < 4.78 is 13.3. The molecular weight excluding hydrogens is 293 g/mol. The van der Waals surface area contributed by atoms with E-state index in [2.05, 4.69) is 27.8 Å². The van der Waals surface area contributed by atoms with Gasteiger partial charge in [0, 0.05) is 17.2 Å². The Morgan fingerprint density at radius 3 is 2.50 bits per heavy atom. The number of benzene rings is 1. The Morgan fingerprint density at radius 1 is 1.17 bits per heavy atom. The minimum absolute atomic E-state index is 0.0931. The molecule has 0 fully saturated rings. The summed E-state index contributed by atoms with van der Waals surface area (Å²) in [6.45, 7) is 4.13. The summed E-state index contributed by atoms with van der Waals surface area (Å²) in [7, 11) is 0. The molecule has 3 heteroatoms. The molecule has 1 aromatic heterocycles. The van der Waals surface area contributed by atoms with Crippen molar-refractivity contribution in [3.63, 3.8) is 0 Å². The molecule has 2 atom stereocenters. The molecule has 0 spiro atoms. The molecule has 0 aliphatic rings. The van der Waals surface area contributed by atoms with Crippen LogP contribution in [0.2, 0.25) is 0 Å². The lowest BCUT2D eigenvalue weighted by Crippen LogP contribution is -2.04. The molecule has 0 saturated carbocycles. The number of alkyl halides is 1. The van der Waals surface area contributed by atoms with Gasteiger partial charge in [0.05, 0.1) is 0 Å². The molecule has 1 nitrogen and oxygen atoms in total. The van der Waals surface area contributed by atoms with E-state index >= 15 is 0 Å². The van der Waals surface area contributed by atoms with Crippen LogP contribution in [0.3, 0.4) is 0 Å². The van der Waals surface area contributed by atoms with Crippen molar-refractivity contribution in [2.75, 3.05) is 0 Å². The van der Waals surface area contributed by atoms with E-state index in [1.807, 2.05) is 25.1 Å². The number of halogens is 2. The predicted molar refractivity (Wildman–Crippen MR) is 75.5 cm³/mol. The number of hydrogen-bond donors (Lipinski definition) is 0. The van der Waals surface area contributed by atoms with Crippen molar-refractivity contribution < 1.29 is 4.39 Å². The van der Waals surface area contributed by atoms with Crippen LogP contribution in [-0.4, -0.2) is 4.98 Å². The van der Waals surface area contributed by atoms with Gasteiger partial charge < -0.3 is 0 Å². The van der Waals surface area contributed by atoms with Crippen LogP contribution in [-0.2, 0) is 0 Å². The van der Waals surface area contributed by atoms with Gasteiger partial charge in [-0.2, -0.15) is 0 Å². The number of rotatable bonds is 3. The SMILES string of the molecule is Cc1ccc(F)cc1C(Br)C(C)c1ccncc1. The van der Waals surface area contributed by atoms with Crippen LogP contribution in [0, 0.1) is 12.7 Å². The molecule has 0 aliphatic heterocycles. The second-order valence-electron chi connectivity index (χ2n) is 4.47. The summed E-state index contributed by atoms with van der Waals surface area (Å²) in [4.78, 5) is 4.11. The standard InChI is InChI=1S/C15H15BrFN/c1-10-3-4-13(17)9-14(10)15(16)11(2)12-5-7-18-8-6-12/h3-9,11,15H,1-2H3. The van der Waals surface area contributed by atoms with E-state index in [4.69, 9.17) is 0 Å². The molecule has 0 radical (unpaired) electrons. The van der Waals surface area contributed by atoms with Crippen molar-refractivity contribution in [3.05, 3.63) is 65.2 Å². The Hall–Kier alpha value is -1.22. The Morgan fingerprint density at radius 2 is 1.83 bits per heavy atom. The van der Waals surface area contributed by atoms with Crippen LogP contribution in [0.5, 0.6) is 0 Å². The molecule has 2 unspecified atom stereocenters. The molecule has 0 N–H and O–H groups in total. The summed E-state index contributed by atoms with van der Waals surface area (Å²) in [5.74, 6) is 0.0653. The highest BCUT2D eigenvalue weighted by atomic mass is 79.9. The number of aromatic nitrogens is 1. The number of aryl methyl sites for hydroxylation is 1. The van der Waals surface area contributed by atoms with Crippen molar-refractivity contribution in [3.8, 4) is 0 Å². The molecule has 94 valence electrons. The zero-order valence-electron chi connectivity index (χ0n) is 10.4. The lowest BCUT2D eigenvalue weighted by atomic mass is 9.92. The van der Waals surface area contributed by atoms with Crippen LogP contribution in [0.25, 0.3) is 0 Å². The van der Waals surface area contributed by atoms with Crippen molar-refractivity contribution in [1.82, 2.24) is 4.98 Å². The van der Waals surface area contributed by atoms with Crippen molar-refractivity contribution in [1.29, 1.82) is 0 Å². The third-order valence-corrected chi connectivity index (χ3v) is 4.50. The lowest BCUT2D eigenvalue weighted by molar-refractivity contribution is 0.622. The Bertz CT molecular complexity index is 527. The smallest absolute Gasteiger partial charge is 0.123 e. The van der Waals surface area contributed by atoms with Gasteiger partial charge in [-0.3, -0.25) is 4.98 Å². The monoisotopic (exact) mass is 307 g/mol. The maximum Gasteiger partial charge on any atom is 0.123 e. The average Bonchev–Trinajstić information content (AvgIpc) is 2.41. The van der Waals surface area contributed by atoms with Crippen LogP contribution in [0.15, 0.2) is 42.7 Å². The lowest BCUT2D eigenvalue weighted by Gasteiger charge is -2.20. The van der Waals surface area contributed by atoms with E-state index in [1.165, 1.54) is 11.6 Å². The molecular formula is C15H15BrFN. The van der Waals surface area contributed by atoms with Crippen molar-refractivity contribution in [2.45, 2.75) is 24.6 Å². The number of pyridine rings is 1. The molecule has 18 heavy (non-hydrogen) atoms. The van der Waals surface area contributed by atoms with Gasteiger partial charge in [-0.25, -0.2) is 4.39 Å². The van der Waals surface area contributed by atoms with Gasteiger partial charge in [0.25, 0.3) is 0 Å². The maximum atomic E-state index is 13.3. The highest BCUT2D eigenvalue weighted by Crippen LogP contribution is 2.38. The Kier molecular flexibility index (Phi) is 4.12. The van der Waals surface area contributed by atoms with E-state index in [-0.39, 0.29) is 16.6 Å². The number of hydrogen-bond acceptors (Lipinski definition) is 1. The molecule has 1 heterocycles. The third-order valence-electron chi connectivity index (χ3n) is 3.21. The molecule has 0 aliphatic carbocycles. The first-order chi connectivity index (χ1) is 8.59. The third kappa shape index (κ3) is 2.78. The molecule has 1 aromatic carbocycles. The largest absolute Gasteiger partial charge is 0.265 e. The fourth-order valence-electron chi connectivity index (χ4n) is 2.01. The van der Waals surface area contributed by atoms with Crippen LogP contribution < -0.4 is 0 Å². The van der Waals surface area contributed by atoms with Crippen LogP contribution in [0.4, 0.5) is 4.39 Å². The topological polar surface area (TPSA) is 12.9 Å². The van der Waals surface area contributed by atoms with Gasteiger partial charge >= 0.3 is 0 Å².